The highest BCUT2D eigenvalue weighted by Crippen LogP contribution is 2.30. The van der Waals surface area contributed by atoms with Gasteiger partial charge in [-0.1, -0.05) is 25.0 Å². The first-order chi connectivity index (χ1) is 12.1. The van der Waals surface area contributed by atoms with Gasteiger partial charge in [0.2, 0.25) is 6.10 Å². The fraction of sp³-hybridized carbons (Fsp3) is 0.471. The topological polar surface area (TPSA) is 103 Å². The molecule has 1 aromatic rings. The number of ether oxygens (including phenoxy) is 3. The van der Waals surface area contributed by atoms with Crippen LogP contribution in [0.3, 0.4) is 0 Å². The van der Waals surface area contributed by atoms with Crippen LogP contribution < -0.4 is 20.3 Å². The number of hydrazine groups is 1. The molecule has 25 heavy (non-hydrogen) atoms. The predicted molar refractivity (Wildman–Crippen MR) is 85.6 cm³/mol. The van der Waals surface area contributed by atoms with E-state index in [1.807, 2.05) is 0 Å². The zero-order valence-corrected chi connectivity index (χ0v) is 13.7. The van der Waals surface area contributed by atoms with Crippen LogP contribution in [0.5, 0.6) is 11.5 Å². The smallest absolute Gasteiger partial charge is 0.309 e. The molecule has 134 valence electrons. The van der Waals surface area contributed by atoms with Gasteiger partial charge in [-0.2, -0.15) is 0 Å². The number of hydrogen-bond acceptors (Lipinski definition) is 6. The quantitative estimate of drug-likeness (QED) is 0.614. The van der Waals surface area contributed by atoms with Crippen LogP contribution in [0.25, 0.3) is 0 Å². The first-order valence-electron chi connectivity index (χ1n) is 8.27. The van der Waals surface area contributed by atoms with Crippen molar-refractivity contribution in [3.8, 4) is 11.5 Å². The molecule has 1 aliphatic carbocycles. The van der Waals surface area contributed by atoms with Gasteiger partial charge in [0.1, 0.15) is 6.61 Å². The lowest BCUT2D eigenvalue weighted by molar-refractivity contribution is -0.153. The Bertz CT molecular complexity index is 656. The van der Waals surface area contributed by atoms with Gasteiger partial charge >= 0.3 is 5.97 Å². The highest BCUT2D eigenvalue weighted by atomic mass is 16.6. The number of esters is 1. The second kappa shape index (κ2) is 7.87. The number of nitrogens with one attached hydrogen (secondary N) is 2. The standard InChI is InChI=1S/C17H20N2O6/c20-15(10-24-17(22)11-5-1-2-6-11)18-19-16(21)14-9-23-12-7-3-4-8-13(12)25-14/h3-4,7-8,11,14H,1-2,5-6,9-10H2,(H,18,20)(H,19,21)/t14-/m1/s1. The molecular weight excluding hydrogens is 328 g/mol. The Morgan fingerprint density at radius 2 is 1.80 bits per heavy atom. The molecular formula is C17H20N2O6. The summed E-state index contributed by atoms with van der Waals surface area (Å²) in [7, 11) is 0. The molecule has 1 aromatic carbocycles. The van der Waals surface area contributed by atoms with Gasteiger partial charge < -0.3 is 14.2 Å². The summed E-state index contributed by atoms with van der Waals surface area (Å²) in [6.07, 6.45) is 2.75. The summed E-state index contributed by atoms with van der Waals surface area (Å²) >= 11 is 0. The third kappa shape index (κ3) is 4.40. The van der Waals surface area contributed by atoms with Crippen LogP contribution >= 0.6 is 0 Å². The number of hydrogen-bond donors (Lipinski definition) is 2. The zero-order chi connectivity index (χ0) is 17.6. The maximum atomic E-state index is 12.0. The largest absolute Gasteiger partial charge is 0.485 e. The number of carbonyl (C=O) groups excluding carboxylic acids is 3. The van der Waals surface area contributed by atoms with E-state index in [-0.39, 0.29) is 18.5 Å². The number of carbonyl (C=O) groups is 3. The molecule has 0 bridgehead atoms. The molecule has 0 aromatic heterocycles. The van der Waals surface area contributed by atoms with Gasteiger partial charge in [0.05, 0.1) is 5.92 Å². The SMILES string of the molecule is O=C(COC(=O)C1CCCC1)NNC(=O)[C@H]1COc2ccccc2O1. The minimum atomic E-state index is -0.878. The highest BCUT2D eigenvalue weighted by molar-refractivity contribution is 5.86. The molecule has 8 heteroatoms. The molecule has 8 nitrogen and oxygen atoms in total. The summed E-state index contributed by atoms with van der Waals surface area (Å²) in [5.74, 6) is -0.614. The Hall–Kier alpha value is -2.77. The van der Waals surface area contributed by atoms with Crippen LogP contribution in [0.4, 0.5) is 0 Å². The van der Waals surface area contributed by atoms with Gasteiger partial charge in [-0.15, -0.1) is 0 Å². The van der Waals surface area contributed by atoms with Crippen LogP contribution in [0.2, 0.25) is 0 Å². The van der Waals surface area contributed by atoms with Crippen molar-refractivity contribution in [1.82, 2.24) is 10.9 Å². The van der Waals surface area contributed by atoms with E-state index in [9.17, 15) is 14.4 Å². The molecule has 3 rings (SSSR count). The minimum Gasteiger partial charge on any atom is -0.485 e. The molecule has 2 amide bonds. The van der Waals surface area contributed by atoms with Crippen LogP contribution in [0.1, 0.15) is 25.7 Å². The molecule has 1 saturated carbocycles. The second-order valence-electron chi connectivity index (χ2n) is 5.99. The highest BCUT2D eigenvalue weighted by Gasteiger charge is 2.28. The summed E-state index contributed by atoms with van der Waals surface area (Å²) < 4.78 is 15.9. The van der Waals surface area contributed by atoms with Crippen molar-refractivity contribution >= 4 is 17.8 Å². The summed E-state index contributed by atoms with van der Waals surface area (Å²) in [4.78, 5) is 35.4. The van der Waals surface area contributed by atoms with Crippen molar-refractivity contribution in [2.24, 2.45) is 5.92 Å². The summed E-state index contributed by atoms with van der Waals surface area (Å²) in [5.41, 5.74) is 4.44. The van der Waals surface area contributed by atoms with Gasteiger partial charge in [0.25, 0.3) is 11.8 Å². The van der Waals surface area contributed by atoms with E-state index >= 15 is 0 Å². The normalized spacial score (nSPS) is 19.1. The van der Waals surface area contributed by atoms with Crippen LogP contribution in [-0.2, 0) is 19.1 Å². The van der Waals surface area contributed by atoms with Crippen molar-refractivity contribution in [3.63, 3.8) is 0 Å². The Morgan fingerprint density at radius 3 is 2.56 bits per heavy atom. The molecule has 2 aliphatic rings. The lowest BCUT2D eigenvalue weighted by atomic mass is 10.1. The third-order valence-corrected chi connectivity index (χ3v) is 4.16. The first-order valence-corrected chi connectivity index (χ1v) is 8.27. The maximum Gasteiger partial charge on any atom is 0.309 e. The second-order valence-corrected chi connectivity index (χ2v) is 5.99. The molecule has 1 aliphatic heterocycles. The molecule has 0 radical (unpaired) electrons. The molecule has 1 fully saturated rings. The predicted octanol–water partition coefficient (Wildman–Crippen LogP) is 0.707. The van der Waals surface area contributed by atoms with E-state index in [1.165, 1.54) is 0 Å². The number of para-hydroxylation sites is 2. The van der Waals surface area contributed by atoms with E-state index in [0.29, 0.717) is 11.5 Å². The molecule has 0 spiro atoms. The van der Waals surface area contributed by atoms with Gasteiger partial charge in [0.15, 0.2) is 18.1 Å². The van der Waals surface area contributed by atoms with E-state index in [0.717, 1.165) is 25.7 Å². The fourth-order valence-corrected chi connectivity index (χ4v) is 2.81. The van der Waals surface area contributed by atoms with E-state index in [1.54, 1.807) is 24.3 Å². The summed E-state index contributed by atoms with van der Waals surface area (Å²) in [5, 5.41) is 0. The molecule has 0 unspecified atom stereocenters. The average Bonchev–Trinajstić information content (AvgIpc) is 3.18. The Morgan fingerprint density at radius 1 is 1.08 bits per heavy atom. The van der Waals surface area contributed by atoms with Crippen molar-refractivity contribution in [1.29, 1.82) is 0 Å². The lowest BCUT2D eigenvalue weighted by Crippen LogP contribution is -2.51. The molecule has 2 N–H and O–H groups in total. The third-order valence-electron chi connectivity index (χ3n) is 4.16. The Labute approximate surface area is 144 Å². The zero-order valence-electron chi connectivity index (χ0n) is 13.7. The van der Waals surface area contributed by atoms with Crippen molar-refractivity contribution in [3.05, 3.63) is 24.3 Å². The monoisotopic (exact) mass is 348 g/mol. The van der Waals surface area contributed by atoms with Gasteiger partial charge in [-0.05, 0) is 25.0 Å². The Kier molecular flexibility index (Phi) is 5.37. The van der Waals surface area contributed by atoms with Crippen LogP contribution in [-0.4, -0.2) is 37.1 Å². The number of rotatable bonds is 4. The van der Waals surface area contributed by atoms with Gasteiger partial charge in [0, 0.05) is 0 Å². The molecule has 0 saturated heterocycles. The van der Waals surface area contributed by atoms with Crippen LogP contribution in [0, 0.1) is 5.92 Å². The van der Waals surface area contributed by atoms with Gasteiger partial charge in [-0.3, -0.25) is 25.2 Å². The first kappa shape index (κ1) is 17.1. The number of amides is 2. The van der Waals surface area contributed by atoms with Crippen molar-refractivity contribution in [2.75, 3.05) is 13.2 Å². The molecule has 1 atom stereocenters. The van der Waals surface area contributed by atoms with E-state index in [2.05, 4.69) is 10.9 Å². The number of benzene rings is 1. The molecule has 1 heterocycles. The Balaban J connectivity index is 1.38. The van der Waals surface area contributed by atoms with E-state index in [4.69, 9.17) is 14.2 Å². The minimum absolute atomic E-state index is 0.0371. The average molecular weight is 348 g/mol. The van der Waals surface area contributed by atoms with E-state index < -0.39 is 24.5 Å². The van der Waals surface area contributed by atoms with Crippen LogP contribution in [0.15, 0.2) is 24.3 Å². The van der Waals surface area contributed by atoms with Crippen molar-refractivity contribution < 1.29 is 28.6 Å². The van der Waals surface area contributed by atoms with Crippen molar-refractivity contribution in [2.45, 2.75) is 31.8 Å². The van der Waals surface area contributed by atoms with Gasteiger partial charge in [-0.25, -0.2) is 0 Å². The maximum absolute atomic E-state index is 12.0. The summed E-state index contributed by atoms with van der Waals surface area (Å²) in [6, 6.07) is 7.00. The fourth-order valence-electron chi connectivity index (χ4n) is 2.81. The lowest BCUT2D eigenvalue weighted by Gasteiger charge is -2.25. The number of fused-ring (bicyclic) bond motifs is 1. The summed E-state index contributed by atoms with van der Waals surface area (Å²) in [6.45, 7) is -0.393.